The third-order valence-electron chi connectivity index (χ3n) is 4.40. The average molecular weight is 269 g/mol. The van der Waals surface area contributed by atoms with Gasteiger partial charge in [0.2, 0.25) is 0 Å². The number of fused-ring (bicyclic) bond motifs is 1. The number of benzene rings is 2. The molecule has 1 aliphatic carbocycles. The van der Waals surface area contributed by atoms with Crippen molar-refractivity contribution in [1.82, 2.24) is 5.32 Å². The number of halogens is 1. The molecule has 3 rings (SSSR count). The first-order valence-corrected chi connectivity index (χ1v) is 7.27. The van der Waals surface area contributed by atoms with E-state index in [0.29, 0.717) is 12.0 Å². The molecular weight excluding hydrogens is 249 g/mol. The number of hydrogen-bond donors (Lipinski definition) is 1. The summed E-state index contributed by atoms with van der Waals surface area (Å²) >= 11 is 0. The summed E-state index contributed by atoms with van der Waals surface area (Å²) in [6.07, 6.45) is 3.42. The van der Waals surface area contributed by atoms with Crippen LogP contribution in [0.3, 0.4) is 0 Å². The summed E-state index contributed by atoms with van der Waals surface area (Å²) in [6.45, 7) is 0. The van der Waals surface area contributed by atoms with Crippen LogP contribution in [0.25, 0.3) is 0 Å². The fourth-order valence-corrected chi connectivity index (χ4v) is 3.36. The lowest BCUT2D eigenvalue weighted by atomic mass is 9.78. The average Bonchev–Trinajstić information content (AvgIpc) is 2.50. The van der Waals surface area contributed by atoms with Gasteiger partial charge < -0.3 is 5.32 Å². The molecular formula is C18H20FN. The molecule has 2 aromatic rings. The van der Waals surface area contributed by atoms with Gasteiger partial charge in [0.25, 0.3) is 0 Å². The summed E-state index contributed by atoms with van der Waals surface area (Å²) < 4.78 is 13.1. The summed E-state index contributed by atoms with van der Waals surface area (Å²) in [5.74, 6) is 0.401. The van der Waals surface area contributed by atoms with Crippen LogP contribution in [0.15, 0.2) is 48.5 Å². The zero-order valence-corrected chi connectivity index (χ0v) is 11.8. The molecule has 2 atom stereocenters. The fourth-order valence-electron chi connectivity index (χ4n) is 3.36. The Morgan fingerprint density at radius 2 is 1.75 bits per heavy atom. The molecule has 2 unspecified atom stereocenters. The highest BCUT2D eigenvalue weighted by Gasteiger charge is 2.26. The van der Waals surface area contributed by atoms with Crippen molar-refractivity contribution >= 4 is 0 Å². The second-order valence-corrected chi connectivity index (χ2v) is 5.59. The topological polar surface area (TPSA) is 12.0 Å². The van der Waals surface area contributed by atoms with Crippen molar-refractivity contribution in [2.45, 2.75) is 25.3 Å². The Bertz CT molecular complexity index is 576. The zero-order chi connectivity index (χ0) is 13.9. The fraction of sp³-hybridized carbons (Fsp3) is 0.333. The second-order valence-electron chi connectivity index (χ2n) is 5.59. The van der Waals surface area contributed by atoms with E-state index >= 15 is 0 Å². The van der Waals surface area contributed by atoms with Crippen molar-refractivity contribution in [1.29, 1.82) is 0 Å². The number of nitrogens with one attached hydrogen (secondary N) is 1. The van der Waals surface area contributed by atoms with Crippen LogP contribution in [-0.4, -0.2) is 7.05 Å². The van der Waals surface area contributed by atoms with Crippen LogP contribution in [0.1, 0.15) is 29.2 Å². The normalized spacial score (nSPS) is 19.4. The van der Waals surface area contributed by atoms with E-state index in [2.05, 4.69) is 29.6 Å². The van der Waals surface area contributed by atoms with E-state index in [0.717, 1.165) is 12.8 Å². The molecule has 0 spiro atoms. The van der Waals surface area contributed by atoms with Crippen LogP contribution in [0.4, 0.5) is 4.39 Å². The third-order valence-corrected chi connectivity index (χ3v) is 4.40. The highest BCUT2D eigenvalue weighted by atomic mass is 19.1. The number of aryl methyl sites for hydroxylation is 1. The van der Waals surface area contributed by atoms with Crippen LogP contribution in [0, 0.1) is 11.7 Å². The maximum absolute atomic E-state index is 13.1. The number of hydrogen-bond acceptors (Lipinski definition) is 1. The van der Waals surface area contributed by atoms with Crippen LogP contribution in [-0.2, 0) is 12.8 Å². The van der Waals surface area contributed by atoms with Gasteiger partial charge in [-0.1, -0.05) is 36.4 Å². The van der Waals surface area contributed by atoms with Gasteiger partial charge in [0.1, 0.15) is 5.82 Å². The van der Waals surface area contributed by atoms with Crippen molar-refractivity contribution in [3.05, 3.63) is 71.0 Å². The van der Waals surface area contributed by atoms with E-state index < -0.39 is 0 Å². The van der Waals surface area contributed by atoms with Gasteiger partial charge in [-0.25, -0.2) is 4.39 Å². The molecule has 0 saturated carbocycles. The van der Waals surface area contributed by atoms with Crippen LogP contribution in [0.5, 0.6) is 0 Å². The molecule has 0 saturated heterocycles. The summed E-state index contributed by atoms with van der Waals surface area (Å²) in [5.41, 5.74) is 4.13. The van der Waals surface area contributed by atoms with E-state index in [1.165, 1.54) is 23.1 Å². The van der Waals surface area contributed by atoms with Gasteiger partial charge in [-0.2, -0.15) is 0 Å². The minimum atomic E-state index is -0.169. The maximum atomic E-state index is 13.1. The SMILES string of the molecule is CNC(c1ccc(F)cc1)C1CCc2ccccc2C1. The molecule has 20 heavy (non-hydrogen) atoms. The Hall–Kier alpha value is -1.67. The Morgan fingerprint density at radius 1 is 1.05 bits per heavy atom. The standard InChI is InChI=1S/C18H20FN/c1-20-18(14-8-10-17(19)11-9-14)16-7-6-13-4-2-3-5-15(13)12-16/h2-5,8-11,16,18,20H,6-7,12H2,1H3. The molecule has 0 amide bonds. The first-order chi connectivity index (χ1) is 9.78. The lowest BCUT2D eigenvalue weighted by Crippen LogP contribution is -2.29. The van der Waals surface area contributed by atoms with E-state index in [1.54, 1.807) is 12.1 Å². The number of rotatable bonds is 3. The molecule has 1 nitrogen and oxygen atoms in total. The molecule has 104 valence electrons. The molecule has 0 bridgehead atoms. The van der Waals surface area contributed by atoms with Crippen molar-refractivity contribution < 1.29 is 4.39 Å². The van der Waals surface area contributed by atoms with Crippen LogP contribution in [0.2, 0.25) is 0 Å². The van der Waals surface area contributed by atoms with E-state index in [4.69, 9.17) is 0 Å². The summed E-state index contributed by atoms with van der Waals surface area (Å²) in [5, 5.41) is 3.42. The molecule has 0 heterocycles. The van der Waals surface area contributed by atoms with Crippen molar-refractivity contribution in [2.24, 2.45) is 5.92 Å². The molecule has 1 aliphatic rings. The van der Waals surface area contributed by atoms with Gasteiger partial charge in [0, 0.05) is 6.04 Å². The van der Waals surface area contributed by atoms with Crippen LogP contribution < -0.4 is 5.32 Å². The Kier molecular flexibility index (Phi) is 3.83. The summed E-state index contributed by atoms with van der Waals surface area (Å²) in [4.78, 5) is 0. The van der Waals surface area contributed by atoms with Crippen molar-refractivity contribution in [3.8, 4) is 0 Å². The monoisotopic (exact) mass is 269 g/mol. The van der Waals surface area contributed by atoms with Gasteiger partial charge in [0.15, 0.2) is 0 Å². The second kappa shape index (κ2) is 5.76. The summed E-state index contributed by atoms with van der Waals surface area (Å²) in [7, 11) is 1.99. The van der Waals surface area contributed by atoms with Crippen molar-refractivity contribution in [2.75, 3.05) is 7.05 Å². The van der Waals surface area contributed by atoms with E-state index in [-0.39, 0.29) is 5.82 Å². The summed E-state index contributed by atoms with van der Waals surface area (Å²) in [6, 6.07) is 15.9. The predicted molar refractivity (Wildman–Crippen MR) is 80.2 cm³/mol. The van der Waals surface area contributed by atoms with Crippen molar-refractivity contribution in [3.63, 3.8) is 0 Å². The van der Waals surface area contributed by atoms with Gasteiger partial charge >= 0.3 is 0 Å². The smallest absolute Gasteiger partial charge is 0.123 e. The van der Waals surface area contributed by atoms with Gasteiger partial charge in [-0.3, -0.25) is 0 Å². The molecule has 1 N–H and O–H groups in total. The third kappa shape index (κ3) is 2.61. The Balaban J connectivity index is 1.83. The lowest BCUT2D eigenvalue weighted by molar-refractivity contribution is 0.342. The minimum absolute atomic E-state index is 0.169. The first kappa shape index (κ1) is 13.3. The molecule has 0 fully saturated rings. The largest absolute Gasteiger partial charge is 0.313 e. The predicted octanol–water partition coefficient (Wildman–Crippen LogP) is 3.89. The zero-order valence-electron chi connectivity index (χ0n) is 11.8. The minimum Gasteiger partial charge on any atom is -0.313 e. The van der Waals surface area contributed by atoms with Gasteiger partial charge in [0.05, 0.1) is 0 Å². The Labute approximate surface area is 119 Å². The lowest BCUT2D eigenvalue weighted by Gasteiger charge is -2.31. The molecule has 0 aromatic heterocycles. The molecule has 2 heteroatoms. The molecule has 2 aromatic carbocycles. The first-order valence-electron chi connectivity index (χ1n) is 7.27. The molecule has 0 radical (unpaired) electrons. The van der Waals surface area contributed by atoms with Crippen LogP contribution >= 0.6 is 0 Å². The Morgan fingerprint density at radius 3 is 2.45 bits per heavy atom. The van der Waals surface area contributed by atoms with Gasteiger partial charge in [-0.15, -0.1) is 0 Å². The van der Waals surface area contributed by atoms with Gasteiger partial charge in [-0.05, 0) is 61.1 Å². The van der Waals surface area contributed by atoms with E-state index in [1.807, 2.05) is 19.2 Å². The highest BCUT2D eigenvalue weighted by Crippen LogP contribution is 2.34. The quantitative estimate of drug-likeness (QED) is 0.891. The maximum Gasteiger partial charge on any atom is 0.123 e. The van der Waals surface area contributed by atoms with E-state index in [9.17, 15) is 4.39 Å². The molecule has 0 aliphatic heterocycles. The highest BCUT2D eigenvalue weighted by molar-refractivity contribution is 5.31.